The van der Waals surface area contributed by atoms with Crippen molar-refractivity contribution in [3.8, 4) is 0 Å². The highest BCUT2D eigenvalue weighted by Gasteiger charge is 2.29. The molecule has 1 aliphatic carbocycles. The van der Waals surface area contributed by atoms with E-state index in [0.29, 0.717) is 32.7 Å². The molecule has 1 rings (SSSR count). The van der Waals surface area contributed by atoms with Crippen LogP contribution >= 0.6 is 0 Å². The molecule has 1 fully saturated rings. The molecule has 514 valence electrons. The first kappa shape index (κ1) is 94.0. The van der Waals surface area contributed by atoms with Gasteiger partial charge < -0.3 is 24.1 Å². The molecule has 86 heavy (non-hydrogen) atoms. The number of aliphatic carboxylic acids is 1. The quantitative estimate of drug-likeness (QED) is 0.0266. The summed E-state index contributed by atoms with van der Waals surface area (Å²) in [5, 5.41) is 8.73. The van der Waals surface area contributed by atoms with Crippen molar-refractivity contribution in [2.75, 3.05) is 19.8 Å². The lowest BCUT2D eigenvalue weighted by molar-refractivity contribution is -0.148. The van der Waals surface area contributed by atoms with E-state index in [1.165, 1.54) is 174 Å². The van der Waals surface area contributed by atoms with Gasteiger partial charge in [-0.15, -0.1) is 0 Å². The molecule has 0 spiro atoms. The Hall–Kier alpha value is -3.11. The molecule has 0 radical (unpaired) electrons. The van der Waals surface area contributed by atoms with Gasteiger partial charge >= 0.3 is 23.9 Å². The van der Waals surface area contributed by atoms with Gasteiger partial charge in [-0.05, 0) is 68.6 Å². The zero-order valence-electron chi connectivity index (χ0n) is 59.9. The van der Waals surface area contributed by atoms with E-state index in [9.17, 15) is 33.6 Å². The highest BCUT2D eigenvalue weighted by Crippen LogP contribution is 2.31. The monoisotopic (exact) mass is 1230 g/mol. The number of carboxylic acid groups (broad SMARTS) is 1. The Morgan fingerprint density at radius 3 is 1.19 bits per heavy atom. The lowest BCUT2D eigenvalue weighted by atomic mass is 9.78. The number of esters is 3. The Morgan fingerprint density at radius 2 is 0.860 bits per heavy atom. The number of carboxylic acids is 1. The number of ether oxygens (including phenoxy) is 3. The van der Waals surface area contributed by atoms with E-state index in [1.807, 2.05) is 27.7 Å². The second kappa shape index (κ2) is 79.9. The van der Waals surface area contributed by atoms with E-state index >= 15 is 0 Å². The molecule has 3 atom stereocenters. The number of aldehydes is 1. The van der Waals surface area contributed by atoms with Crippen LogP contribution in [0.15, 0.2) is 0 Å². The maximum Gasteiger partial charge on any atom is 0.306 e. The Morgan fingerprint density at radius 1 is 0.442 bits per heavy atom. The molecule has 0 heterocycles. The normalized spacial score (nSPS) is 12.3. The predicted octanol–water partition coefficient (Wildman–Crippen LogP) is 22.9. The summed E-state index contributed by atoms with van der Waals surface area (Å²) in [6.45, 7) is 33.2. The lowest BCUT2D eigenvalue weighted by Gasteiger charge is -2.25. The SMILES string of the molecule is CC.CCCC.CCCCCCCCCC(=O)CC(CC)CC(=O)O.CCCCCCCCCC=O.CCCCCCCCOC(=O)CC(CC(=O)OCCCCCCCC)CC(=O)C1CCC1.CCCC[C@@H](CC)C(C)CC.CCCOC(C)=O. The Balaban J connectivity index is -0.000000250. The highest BCUT2D eigenvalue weighted by atomic mass is 16.5. The number of unbranched alkanes of at least 4 members (excludes halogenated alkanes) is 25. The first-order valence-electron chi connectivity index (χ1n) is 36.7. The molecular formula is C75H148O11. The molecule has 0 aromatic heterocycles. The first-order chi connectivity index (χ1) is 41.5. The second-order valence-corrected chi connectivity index (χ2v) is 24.1. The molecule has 1 saturated carbocycles. The number of hydrogen-bond acceptors (Lipinski definition) is 10. The molecule has 2 unspecified atom stereocenters. The molecule has 1 aliphatic rings. The summed E-state index contributed by atoms with van der Waals surface area (Å²) < 4.78 is 15.3. The van der Waals surface area contributed by atoms with Crippen LogP contribution in [0, 0.1) is 29.6 Å². The van der Waals surface area contributed by atoms with Gasteiger partial charge in [-0.2, -0.15) is 0 Å². The minimum Gasteiger partial charge on any atom is -0.481 e. The van der Waals surface area contributed by atoms with Crippen LogP contribution in [0.2, 0.25) is 0 Å². The van der Waals surface area contributed by atoms with E-state index in [1.54, 1.807) is 0 Å². The van der Waals surface area contributed by atoms with E-state index < -0.39 is 5.97 Å². The fraction of sp³-hybridized carbons (Fsp3) is 0.907. The van der Waals surface area contributed by atoms with Crippen molar-refractivity contribution >= 4 is 41.7 Å². The van der Waals surface area contributed by atoms with Crippen LogP contribution in [0.1, 0.15) is 393 Å². The van der Waals surface area contributed by atoms with Crippen molar-refractivity contribution in [1.29, 1.82) is 0 Å². The van der Waals surface area contributed by atoms with E-state index in [0.717, 1.165) is 102 Å². The van der Waals surface area contributed by atoms with E-state index in [2.05, 4.69) is 74.0 Å². The van der Waals surface area contributed by atoms with Gasteiger partial charge in [0.1, 0.15) is 17.9 Å². The van der Waals surface area contributed by atoms with Gasteiger partial charge in [-0.3, -0.25) is 28.8 Å². The van der Waals surface area contributed by atoms with Gasteiger partial charge in [0, 0.05) is 57.8 Å². The number of ketones is 2. The number of hydrogen-bond donors (Lipinski definition) is 1. The summed E-state index contributed by atoms with van der Waals surface area (Å²) in [6, 6.07) is 0. The molecule has 0 amide bonds. The van der Waals surface area contributed by atoms with Crippen LogP contribution in [-0.4, -0.2) is 66.7 Å². The van der Waals surface area contributed by atoms with Gasteiger partial charge in [0.25, 0.3) is 0 Å². The summed E-state index contributed by atoms with van der Waals surface area (Å²) in [5.41, 5.74) is 0. The van der Waals surface area contributed by atoms with E-state index in [4.69, 9.17) is 14.6 Å². The summed E-state index contributed by atoms with van der Waals surface area (Å²) in [5.74, 6) is 0.601. The third-order valence-electron chi connectivity index (χ3n) is 15.9. The number of Topliss-reactive ketones (excluding diaryl/α,β-unsaturated/α-hetero) is 2. The van der Waals surface area contributed by atoms with Gasteiger partial charge in [0.05, 0.1) is 19.8 Å². The number of carbonyl (C=O) groups is 7. The molecule has 0 aromatic rings. The third kappa shape index (κ3) is 78.9. The van der Waals surface area contributed by atoms with Crippen LogP contribution in [0.3, 0.4) is 0 Å². The van der Waals surface area contributed by atoms with Crippen molar-refractivity contribution in [3.05, 3.63) is 0 Å². The van der Waals surface area contributed by atoms with Crippen molar-refractivity contribution in [2.45, 2.75) is 393 Å². The average Bonchev–Trinajstić information content (AvgIpc) is 3.66. The summed E-state index contributed by atoms with van der Waals surface area (Å²) in [7, 11) is 0. The first-order valence-corrected chi connectivity index (χ1v) is 36.7. The van der Waals surface area contributed by atoms with Gasteiger partial charge in [0.2, 0.25) is 0 Å². The number of rotatable bonds is 51. The summed E-state index contributed by atoms with van der Waals surface area (Å²) in [6.07, 6.45) is 48.9. The molecule has 0 aromatic carbocycles. The maximum atomic E-state index is 12.5. The summed E-state index contributed by atoms with van der Waals surface area (Å²) in [4.78, 5) is 79.4. The highest BCUT2D eigenvalue weighted by molar-refractivity contribution is 5.83. The number of carbonyl (C=O) groups excluding carboxylic acids is 6. The predicted molar refractivity (Wildman–Crippen MR) is 367 cm³/mol. The fourth-order valence-electron chi connectivity index (χ4n) is 9.56. The van der Waals surface area contributed by atoms with Gasteiger partial charge in [0.15, 0.2) is 0 Å². The van der Waals surface area contributed by atoms with Crippen LogP contribution in [-0.2, 0) is 47.8 Å². The molecule has 11 heteroatoms. The minimum absolute atomic E-state index is 0.0227. The van der Waals surface area contributed by atoms with Crippen LogP contribution in [0.4, 0.5) is 0 Å². The molecule has 1 N–H and O–H groups in total. The standard InChI is InChI=1S/C27H48O5.C16H30O3.C11H24.C10H20O.C5H10O2.C4H10.C2H6/c1-3-5-7-9-11-13-18-31-26(29)21-23(20-25(28)24-16-15-17-24)22-27(30)32-19-14-12-10-8-6-4-2;1-3-5-6-7-8-9-10-11-15(17)12-14(4-2)13-16(18)19;1-5-8-9-11(7-3)10(4)6-2;1-2-3-4-5-6-7-8-9-10-11;1-3-4-7-5(2)6;1-3-4-2;1-2/h23-24H,3-22H2,1-2H3;14H,3-13H2,1-2H3,(H,18,19);10-11H,5-9H2,1-4H3;10H,2-9H2,1H3;3-4H2,1-2H3;3-4H2,1-2H3;1-2H3/t;;10?,11-;;;;/m..1..../s1. The zero-order chi connectivity index (χ0) is 66.1. The van der Waals surface area contributed by atoms with Gasteiger partial charge in [-0.1, -0.05) is 296 Å². The molecular weight excluding hydrogens is 1080 g/mol. The fourth-order valence-corrected chi connectivity index (χ4v) is 9.56. The second-order valence-electron chi connectivity index (χ2n) is 24.1. The third-order valence-corrected chi connectivity index (χ3v) is 15.9. The smallest absolute Gasteiger partial charge is 0.306 e. The molecule has 0 aliphatic heterocycles. The van der Waals surface area contributed by atoms with Crippen LogP contribution in [0.5, 0.6) is 0 Å². The largest absolute Gasteiger partial charge is 0.481 e. The van der Waals surface area contributed by atoms with Crippen molar-refractivity contribution in [2.24, 2.45) is 29.6 Å². The van der Waals surface area contributed by atoms with Crippen molar-refractivity contribution in [1.82, 2.24) is 0 Å². The molecule has 0 bridgehead atoms. The summed E-state index contributed by atoms with van der Waals surface area (Å²) >= 11 is 0. The lowest BCUT2D eigenvalue weighted by Crippen LogP contribution is -2.26. The zero-order valence-corrected chi connectivity index (χ0v) is 59.9. The Kier molecular flexibility index (Phi) is 87.4. The topological polar surface area (TPSA) is 167 Å². The maximum absolute atomic E-state index is 12.5. The van der Waals surface area contributed by atoms with Crippen LogP contribution in [0.25, 0.3) is 0 Å². The van der Waals surface area contributed by atoms with Crippen LogP contribution < -0.4 is 0 Å². The molecule has 0 saturated heterocycles. The minimum atomic E-state index is -0.796. The van der Waals surface area contributed by atoms with Crippen molar-refractivity contribution < 1.29 is 52.9 Å². The van der Waals surface area contributed by atoms with E-state index in [-0.39, 0.29) is 72.9 Å². The Labute approximate surface area is 534 Å². The molecule has 11 nitrogen and oxygen atoms in total. The average molecular weight is 1230 g/mol. The Bertz CT molecular complexity index is 1390. The van der Waals surface area contributed by atoms with Gasteiger partial charge in [-0.25, -0.2) is 0 Å². The van der Waals surface area contributed by atoms with Crippen molar-refractivity contribution in [3.63, 3.8) is 0 Å².